The van der Waals surface area contributed by atoms with Gasteiger partial charge >= 0.3 is 0 Å². The number of hydrogen-bond acceptors (Lipinski definition) is 4. The fourth-order valence-corrected chi connectivity index (χ4v) is 2.02. The van der Waals surface area contributed by atoms with Gasteiger partial charge in [0.15, 0.2) is 6.61 Å². The van der Waals surface area contributed by atoms with Gasteiger partial charge in [0.1, 0.15) is 11.5 Å². The maximum absolute atomic E-state index is 11.7. The summed E-state index contributed by atoms with van der Waals surface area (Å²) in [6, 6.07) is 14.4. The Morgan fingerprint density at radius 2 is 1.88 bits per heavy atom. The van der Waals surface area contributed by atoms with Crippen molar-refractivity contribution in [1.82, 2.24) is 5.43 Å². The molecule has 2 aromatic rings. The van der Waals surface area contributed by atoms with Gasteiger partial charge in [0.2, 0.25) is 0 Å². The number of carbonyl (C=O) groups excluding carboxylic acids is 1. The van der Waals surface area contributed by atoms with Gasteiger partial charge < -0.3 is 9.47 Å². The third kappa shape index (κ3) is 6.85. The molecule has 2 aromatic carbocycles. The van der Waals surface area contributed by atoms with Gasteiger partial charge in [-0.25, -0.2) is 5.43 Å². The number of ether oxygens (including phenoxy) is 2. The van der Waals surface area contributed by atoms with Crippen molar-refractivity contribution in [3.05, 3.63) is 59.1 Å². The summed E-state index contributed by atoms with van der Waals surface area (Å²) in [7, 11) is 0. The lowest BCUT2D eigenvalue weighted by Crippen LogP contribution is -2.24. The summed E-state index contributed by atoms with van der Waals surface area (Å²) in [5.41, 5.74) is 3.26. The van der Waals surface area contributed by atoms with Gasteiger partial charge in [-0.2, -0.15) is 5.10 Å². The Morgan fingerprint density at radius 3 is 2.56 bits per heavy atom. The molecule has 0 bridgehead atoms. The first-order valence-corrected chi connectivity index (χ1v) is 8.34. The number of nitrogens with zero attached hydrogens (tertiary/aromatic N) is 1. The summed E-state index contributed by atoms with van der Waals surface area (Å²) in [5, 5.41) is 4.36. The average molecular weight is 361 g/mol. The smallest absolute Gasteiger partial charge is 0.277 e. The molecule has 132 valence electrons. The first-order valence-electron chi connectivity index (χ1n) is 7.96. The van der Waals surface area contributed by atoms with Crippen molar-refractivity contribution in [2.75, 3.05) is 13.2 Å². The van der Waals surface area contributed by atoms with E-state index >= 15 is 0 Å². The zero-order valence-electron chi connectivity index (χ0n) is 14.2. The number of hydrogen-bond donors (Lipinski definition) is 1. The maximum atomic E-state index is 11.7. The summed E-state index contributed by atoms with van der Waals surface area (Å²) in [4.78, 5) is 11.7. The molecule has 0 radical (unpaired) electrons. The van der Waals surface area contributed by atoms with Crippen molar-refractivity contribution >= 4 is 23.7 Å². The highest BCUT2D eigenvalue weighted by molar-refractivity contribution is 6.32. The van der Waals surface area contributed by atoms with E-state index in [2.05, 4.69) is 24.4 Å². The minimum atomic E-state index is -0.368. The van der Waals surface area contributed by atoms with Crippen LogP contribution in [-0.2, 0) is 4.79 Å². The Bertz CT molecular complexity index is 715. The molecule has 0 saturated carbocycles. The van der Waals surface area contributed by atoms with Crippen molar-refractivity contribution in [2.24, 2.45) is 11.0 Å². The lowest BCUT2D eigenvalue weighted by Gasteiger charge is -2.08. The molecule has 0 aromatic heterocycles. The molecule has 0 saturated heterocycles. The van der Waals surface area contributed by atoms with Crippen LogP contribution in [0.4, 0.5) is 0 Å². The molecule has 5 nitrogen and oxygen atoms in total. The fraction of sp³-hybridized carbons (Fsp3) is 0.263. The summed E-state index contributed by atoms with van der Waals surface area (Å²) in [6.45, 7) is 4.70. The molecule has 0 aliphatic heterocycles. The number of amides is 1. The number of rotatable bonds is 8. The molecular weight excluding hydrogens is 340 g/mol. The molecule has 25 heavy (non-hydrogen) atoms. The zero-order valence-corrected chi connectivity index (χ0v) is 15.0. The van der Waals surface area contributed by atoms with E-state index in [1.54, 1.807) is 30.5 Å². The van der Waals surface area contributed by atoms with Crippen LogP contribution < -0.4 is 14.9 Å². The van der Waals surface area contributed by atoms with Crippen molar-refractivity contribution in [3.8, 4) is 11.5 Å². The Morgan fingerprint density at radius 1 is 1.16 bits per heavy atom. The van der Waals surface area contributed by atoms with Crippen LogP contribution in [0, 0.1) is 5.92 Å². The van der Waals surface area contributed by atoms with Crippen LogP contribution in [0.15, 0.2) is 53.6 Å². The number of benzene rings is 2. The molecule has 1 amide bonds. The first kappa shape index (κ1) is 18.8. The Balaban J connectivity index is 1.76. The van der Waals surface area contributed by atoms with Crippen molar-refractivity contribution in [3.63, 3.8) is 0 Å². The summed E-state index contributed by atoms with van der Waals surface area (Å²) in [6.07, 6.45) is 1.56. The minimum Gasteiger partial charge on any atom is -0.493 e. The molecule has 0 spiro atoms. The summed E-state index contributed by atoms with van der Waals surface area (Å²) in [5.74, 6) is 1.38. The highest BCUT2D eigenvalue weighted by Crippen LogP contribution is 2.22. The Hall–Kier alpha value is -2.53. The van der Waals surface area contributed by atoms with Crippen LogP contribution >= 0.6 is 11.6 Å². The SMILES string of the molecule is CC(C)COc1ccc(/C=N\NC(=O)COc2ccccc2Cl)cc1. The van der Waals surface area contributed by atoms with E-state index in [1.165, 1.54) is 0 Å². The van der Waals surface area contributed by atoms with Gasteiger partial charge in [0, 0.05) is 0 Å². The standard InChI is InChI=1S/C19H21ClN2O3/c1-14(2)12-24-16-9-7-15(8-10-16)11-21-22-19(23)13-25-18-6-4-3-5-17(18)20/h3-11,14H,12-13H2,1-2H3,(H,22,23)/b21-11-. The van der Waals surface area contributed by atoms with Crippen molar-refractivity contribution in [1.29, 1.82) is 0 Å². The normalized spacial score (nSPS) is 10.9. The summed E-state index contributed by atoms with van der Waals surface area (Å²) < 4.78 is 10.9. The minimum absolute atomic E-state index is 0.164. The molecule has 6 heteroatoms. The van der Waals surface area contributed by atoms with E-state index in [0.717, 1.165) is 11.3 Å². The second kappa shape index (κ2) is 9.69. The lowest BCUT2D eigenvalue weighted by atomic mass is 10.2. The predicted molar refractivity (Wildman–Crippen MR) is 99.5 cm³/mol. The highest BCUT2D eigenvalue weighted by Gasteiger charge is 2.04. The molecular formula is C19H21ClN2O3. The van der Waals surface area contributed by atoms with Gasteiger partial charge in [0.25, 0.3) is 5.91 Å². The number of halogens is 1. The van der Waals surface area contributed by atoms with E-state index in [1.807, 2.05) is 24.3 Å². The third-order valence-corrected chi connectivity index (χ3v) is 3.37. The quantitative estimate of drug-likeness (QED) is 0.573. The number of para-hydroxylation sites is 1. The monoisotopic (exact) mass is 360 g/mol. The largest absolute Gasteiger partial charge is 0.493 e. The second-order valence-corrected chi connectivity index (χ2v) is 6.19. The number of carbonyl (C=O) groups is 1. The van der Waals surface area contributed by atoms with Gasteiger partial charge in [-0.3, -0.25) is 4.79 Å². The molecule has 0 aliphatic carbocycles. The fourth-order valence-electron chi connectivity index (χ4n) is 1.83. The van der Waals surface area contributed by atoms with Crippen molar-refractivity contribution < 1.29 is 14.3 Å². The molecule has 0 unspecified atom stereocenters. The molecule has 0 heterocycles. The maximum Gasteiger partial charge on any atom is 0.277 e. The van der Waals surface area contributed by atoms with Gasteiger partial charge in [-0.15, -0.1) is 0 Å². The average Bonchev–Trinajstić information content (AvgIpc) is 2.60. The van der Waals surface area contributed by atoms with E-state index in [-0.39, 0.29) is 12.5 Å². The third-order valence-electron chi connectivity index (χ3n) is 3.06. The van der Waals surface area contributed by atoms with Crippen LogP contribution in [-0.4, -0.2) is 25.3 Å². The van der Waals surface area contributed by atoms with Crippen LogP contribution in [0.25, 0.3) is 0 Å². The molecule has 2 rings (SSSR count). The summed E-state index contributed by atoms with van der Waals surface area (Å²) >= 11 is 5.95. The van der Waals surface area contributed by atoms with Crippen LogP contribution in [0.3, 0.4) is 0 Å². The van der Waals surface area contributed by atoms with Crippen LogP contribution in [0.2, 0.25) is 5.02 Å². The molecule has 0 atom stereocenters. The highest BCUT2D eigenvalue weighted by atomic mass is 35.5. The van der Waals surface area contributed by atoms with Gasteiger partial charge in [0.05, 0.1) is 17.8 Å². The molecule has 0 aliphatic rings. The van der Waals surface area contributed by atoms with E-state index in [9.17, 15) is 4.79 Å². The zero-order chi connectivity index (χ0) is 18.1. The van der Waals surface area contributed by atoms with Gasteiger partial charge in [-0.1, -0.05) is 37.6 Å². The predicted octanol–water partition coefficient (Wildman–Crippen LogP) is 3.90. The van der Waals surface area contributed by atoms with Crippen molar-refractivity contribution in [2.45, 2.75) is 13.8 Å². The van der Waals surface area contributed by atoms with Gasteiger partial charge in [-0.05, 0) is 47.9 Å². The van der Waals surface area contributed by atoms with Crippen LogP contribution in [0.5, 0.6) is 11.5 Å². The number of hydrazone groups is 1. The topological polar surface area (TPSA) is 59.9 Å². The van der Waals surface area contributed by atoms with Crippen LogP contribution in [0.1, 0.15) is 19.4 Å². The lowest BCUT2D eigenvalue weighted by molar-refractivity contribution is -0.123. The molecule has 0 fully saturated rings. The Kier molecular flexibility index (Phi) is 7.29. The molecule has 1 N–H and O–H groups in total. The number of nitrogens with one attached hydrogen (secondary N) is 1. The van der Waals surface area contributed by atoms with E-state index in [0.29, 0.717) is 23.3 Å². The Labute approximate surface area is 152 Å². The van der Waals surface area contributed by atoms with E-state index in [4.69, 9.17) is 21.1 Å². The van der Waals surface area contributed by atoms with E-state index < -0.39 is 0 Å². The second-order valence-electron chi connectivity index (χ2n) is 5.79. The first-order chi connectivity index (χ1) is 12.0.